The summed E-state index contributed by atoms with van der Waals surface area (Å²) in [7, 11) is 0. The van der Waals surface area contributed by atoms with Crippen LogP contribution >= 0.6 is 11.8 Å². The molecule has 0 aromatic carbocycles. The number of hydrogen-bond donors (Lipinski definition) is 2. The van der Waals surface area contributed by atoms with Crippen molar-refractivity contribution in [1.29, 1.82) is 0 Å². The minimum Gasteiger partial charge on any atom is -0.407 e. The Morgan fingerprint density at radius 2 is 2.18 bits per heavy atom. The molecule has 2 N–H and O–H groups in total. The Kier molecular flexibility index (Phi) is 3.51. The molecule has 94 valence electrons. The number of aromatic nitrogens is 2. The number of rotatable bonds is 5. The maximum atomic E-state index is 5.56. The van der Waals surface area contributed by atoms with E-state index in [0.29, 0.717) is 30.5 Å². The molecule has 1 saturated carbocycles. The molecule has 5 nitrogen and oxygen atoms in total. The van der Waals surface area contributed by atoms with Crippen LogP contribution in [0.1, 0.15) is 31.6 Å². The number of thioether (sulfide) groups is 1. The molecule has 0 radical (unpaired) electrons. The molecule has 17 heavy (non-hydrogen) atoms. The van der Waals surface area contributed by atoms with Gasteiger partial charge >= 0.3 is 6.01 Å². The molecule has 2 fully saturated rings. The standard InChI is InChI=1S/C11H18N4OS/c1-2-9(7-17-5-1)13-11-15-14-10(16-11)6-12-8-3-4-8/h8-9,12H,1-7H2,(H,13,15). The van der Waals surface area contributed by atoms with Crippen molar-refractivity contribution in [3.05, 3.63) is 5.89 Å². The lowest BCUT2D eigenvalue weighted by Gasteiger charge is -2.20. The largest absolute Gasteiger partial charge is 0.407 e. The summed E-state index contributed by atoms with van der Waals surface area (Å²) < 4.78 is 5.56. The van der Waals surface area contributed by atoms with Gasteiger partial charge in [0.25, 0.3) is 0 Å². The third-order valence-corrected chi connectivity index (χ3v) is 4.29. The van der Waals surface area contributed by atoms with Crippen molar-refractivity contribution < 1.29 is 4.42 Å². The van der Waals surface area contributed by atoms with Gasteiger partial charge in [-0.1, -0.05) is 5.10 Å². The minimum absolute atomic E-state index is 0.485. The van der Waals surface area contributed by atoms with Crippen LogP contribution in [0.4, 0.5) is 6.01 Å². The van der Waals surface area contributed by atoms with Crippen LogP contribution in [0, 0.1) is 0 Å². The van der Waals surface area contributed by atoms with Crippen molar-refractivity contribution in [3.8, 4) is 0 Å². The Balaban J connectivity index is 1.48. The minimum atomic E-state index is 0.485. The first-order chi connectivity index (χ1) is 8.40. The van der Waals surface area contributed by atoms with E-state index in [1.165, 1.54) is 31.4 Å². The predicted molar refractivity (Wildman–Crippen MR) is 68.1 cm³/mol. The molecule has 1 aromatic rings. The van der Waals surface area contributed by atoms with Crippen LogP contribution in [0.3, 0.4) is 0 Å². The van der Waals surface area contributed by atoms with Gasteiger partial charge in [0, 0.05) is 17.8 Å². The van der Waals surface area contributed by atoms with E-state index in [1.807, 2.05) is 11.8 Å². The van der Waals surface area contributed by atoms with Crippen molar-refractivity contribution in [2.24, 2.45) is 0 Å². The summed E-state index contributed by atoms with van der Waals surface area (Å²) in [6, 6.07) is 1.73. The summed E-state index contributed by atoms with van der Waals surface area (Å²) in [5.74, 6) is 3.10. The molecule has 1 saturated heterocycles. The van der Waals surface area contributed by atoms with E-state index < -0.39 is 0 Å². The number of nitrogens with zero attached hydrogens (tertiary/aromatic N) is 2. The molecular formula is C11H18N4OS. The van der Waals surface area contributed by atoms with Gasteiger partial charge in [-0.3, -0.25) is 0 Å². The highest BCUT2D eigenvalue weighted by Gasteiger charge is 2.21. The molecule has 2 aliphatic rings. The van der Waals surface area contributed by atoms with Crippen molar-refractivity contribution in [2.45, 2.75) is 44.3 Å². The van der Waals surface area contributed by atoms with Crippen LogP contribution < -0.4 is 10.6 Å². The van der Waals surface area contributed by atoms with Crippen LogP contribution in [0.5, 0.6) is 0 Å². The molecule has 3 rings (SSSR count). The summed E-state index contributed by atoms with van der Waals surface area (Å²) >= 11 is 1.99. The molecule has 2 heterocycles. The van der Waals surface area contributed by atoms with Gasteiger partial charge in [0.2, 0.25) is 5.89 Å². The highest BCUT2D eigenvalue weighted by molar-refractivity contribution is 7.99. The van der Waals surface area contributed by atoms with E-state index in [2.05, 4.69) is 20.8 Å². The molecule has 1 atom stereocenters. The Morgan fingerprint density at radius 1 is 1.24 bits per heavy atom. The average Bonchev–Trinajstić information content (AvgIpc) is 3.09. The summed E-state index contributed by atoms with van der Waals surface area (Å²) in [4.78, 5) is 0. The van der Waals surface area contributed by atoms with Gasteiger partial charge in [0.1, 0.15) is 0 Å². The number of anilines is 1. The predicted octanol–water partition coefficient (Wildman–Crippen LogP) is 1.63. The molecule has 6 heteroatoms. The Hall–Kier alpha value is -0.750. The fraction of sp³-hybridized carbons (Fsp3) is 0.818. The number of nitrogens with one attached hydrogen (secondary N) is 2. The third kappa shape index (κ3) is 3.35. The second-order valence-electron chi connectivity index (χ2n) is 4.71. The van der Waals surface area contributed by atoms with E-state index in [9.17, 15) is 0 Å². The van der Waals surface area contributed by atoms with Crippen LogP contribution in [0.15, 0.2) is 4.42 Å². The van der Waals surface area contributed by atoms with Gasteiger partial charge in [-0.2, -0.15) is 11.8 Å². The average molecular weight is 254 g/mol. The normalized spacial score (nSPS) is 24.8. The van der Waals surface area contributed by atoms with Gasteiger partial charge in [-0.25, -0.2) is 0 Å². The second kappa shape index (κ2) is 5.27. The second-order valence-corrected chi connectivity index (χ2v) is 5.86. The van der Waals surface area contributed by atoms with E-state index >= 15 is 0 Å². The van der Waals surface area contributed by atoms with Crippen LogP contribution in [-0.4, -0.2) is 33.8 Å². The van der Waals surface area contributed by atoms with Crippen LogP contribution in [0.2, 0.25) is 0 Å². The first-order valence-electron chi connectivity index (χ1n) is 6.30. The van der Waals surface area contributed by atoms with Gasteiger partial charge < -0.3 is 15.1 Å². The maximum absolute atomic E-state index is 5.56. The fourth-order valence-electron chi connectivity index (χ4n) is 1.93. The SMILES string of the molecule is C1CSCC(Nc2nnc(CNC3CC3)o2)C1. The molecule has 1 aliphatic heterocycles. The molecule has 1 aliphatic carbocycles. The van der Waals surface area contributed by atoms with Gasteiger partial charge in [-0.15, -0.1) is 5.10 Å². The van der Waals surface area contributed by atoms with E-state index in [0.717, 1.165) is 5.75 Å². The van der Waals surface area contributed by atoms with E-state index in [1.54, 1.807) is 0 Å². The Morgan fingerprint density at radius 3 is 2.94 bits per heavy atom. The van der Waals surface area contributed by atoms with E-state index in [4.69, 9.17) is 4.42 Å². The molecular weight excluding hydrogens is 236 g/mol. The zero-order chi connectivity index (χ0) is 11.5. The van der Waals surface area contributed by atoms with Crippen molar-refractivity contribution >= 4 is 17.8 Å². The Labute approximate surface area is 105 Å². The van der Waals surface area contributed by atoms with Gasteiger partial charge in [0.05, 0.1) is 6.54 Å². The lowest BCUT2D eigenvalue weighted by atomic mass is 10.2. The van der Waals surface area contributed by atoms with Gasteiger partial charge in [0.15, 0.2) is 0 Å². The summed E-state index contributed by atoms with van der Waals surface area (Å²) in [6.07, 6.45) is 5.02. The van der Waals surface area contributed by atoms with Crippen molar-refractivity contribution in [3.63, 3.8) is 0 Å². The summed E-state index contributed by atoms with van der Waals surface area (Å²) in [6.45, 7) is 0.693. The van der Waals surface area contributed by atoms with Crippen molar-refractivity contribution in [1.82, 2.24) is 15.5 Å². The zero-order valence-electron chi connectivity index (χ0n) is 9.82. The molecule has 0 bridgehead atoms. The molecule has 0 amide bonds. The fourth-order valence-corrected chi connectivity index (χ4v) is 3.00. The maximum Gasteiger partial charge on any atom is 0.315 e. The van der Waals surface area contributed by atoms with Crippen LogP contribution in [0.25, 0.3) is 0 Å². The molecule has 1 unspecified atom stereocenters. The number of hydrogen-bond acceptors (Lipinski definition) is 6. The highest BCUT2D eigenvalue weighted by Crippen LogP contribution is 2.21. The highest BCUT2D eigenvalue weighted by atomic mass is 32.2. The lowest BCUT2D eigenvalue weighted by molar-refractivity contribution is 0.471. The molecule has 0 spiro atoms. The summed E-state index contributed by atoms with van der Waals surface area (Å²) in [5, 5.41) is 14.7. The van der Waals surface area contributed by atoms with Gasteiger partial charge in [-0.05, 0) is 31.4 Å². The lowest BCUT2D eigenvalue weighted by Crippen LogP contribution is -2.25. The monoisotopic (exact) mass is 254 g/mol. The topological polar surface area (TPSA) is 63.0 Å². The van der Waals surface area contributed by atoms with Crippen LogP contribution in [-0.2, 0) is 6.54 Å². The first kappa shape index (κ1) is 11.3. The van der Waals surface area contributed by atoms with Crippen molar-refractivity contribution in [2.75, 3.05) is 16.8 Å². The quantitative estimate of drug-likeness (QED) is 0.832. The molecule has 1 aromatic heterocycles. The van der Waals surface area contributed by atoms with E-state index in [-0.39, 0.29) is 0 Å². The zero-order valence-corrected chi connectivity index (χ0v) is 10.6. The summed E-state index contributed by atoms with van der Waals surface area (Å²) in [5.41, 5.74) is 0. The first-order valence-corrected chi connectivity index (χ1v) is 7.45. The smallest absolute Gasteiger partial charge is 0.315 e. The Bertz CT molecular complexity index is 360. The third-order valence-electron chi connectivity index (χ3n) is 3.07.